The van der Waals surface area contributed by atoms with Gasteiger partial charge in [-0.05, 0) is 17.7 Å². The third-order valence-electron chi connectivity index (χ3n) is 1.54. The number of nitrogens with two attached hydrogens (primary N) is 2. The molecule has 1 unspecified atom stereocenters. The molecule has 0 bridgehead atoms. The van der Waals surface area contributed by atoms with Crippen LogP contribution in [0.3, 0.4) is 0 Å². The van der Waals surface area contributed by atoms with Crippen LogP contribution in [0.25, 0.3) is 0 Å². The van der Waals surface area contributed by atoms with E-state index in [1.807, 2.05) is 0 Å². The molecule has 0 fully saturated rings. The molecule has 0 saturated carbocycles. The van der Waals surface area contributed by atoms with Crippen molar-refractivity contribution < 1.29 is 4.79 Å². The van der Waals surface area contributed by atoms with Gasteiger partial charge in [-0.15, -0.1) is 12.4 Å². The summed E-state index contributed by atoms with van der Waals surface area (Å²) in [7, 11) is 0. The van der Waals surface area contributed by atoms with Crippen molar-refractivity contribution in [3.63, 3.8) is 0 Å². The quantitative estimate of drug-likeness (QED) is 0.788. The highest BCUT2D eigenvalue weighted by atomic mass is 35.5. The highest BCUT2D eigenvalue weighted by Crippen LogP contribution is 2.13. The fourth-order valence-corrected chi connectivity index (χ4v) is 0.960. The fraction of sp³-hybridized carbons (Fsp3) is 0.125. The highest BCUT2D eigenvalue weighted by Gasteiger charge is 2.10. The topological polar surface area (TPSA) is 69.1 Å². The number of primary amides is 1. The first-order chi connectivity index (χ1) is 5.61. The van der Waals surface area contributed by atoms with Gasteiger partial charge in [0.2, 0.25) is 5.91 Å². The van der Waals surface area contributed by atoms with E-state index < -0.39 is 11.9 Å². The number of hydrogen-bond acceptors (Lipinski definition) is 2. The van der Waals surface area contributed by atoms with Gasteiger partial charge in [0, 0.05) is 5.02 Å². The molecule has 5 heteroatoms. The predicted octanol–water partition coefficient (Wildman–Crippen LogP) is 1.25. The third-order valence-corrected chi connectivity index (χ3v) is 1.79. The molecule has 1 aromatic carbocycles. The molecule has 0 heterocycles. The molecule has 3 nitrogen and oxygen atoms in total. The first-order valence-electron chi connectivity index (χ1n) is 3.41. The molecule has 0 aliphatic heterocycles. The summed E-state index contributed by atoms with van der Waals surface area (Å²) in [5.74, 6) is -0.544. The summed E-state index contributed by atoms with van der Waals surface area (Å²) in [6, 6.07) is 5.94. The Balaban J connectivity index is 0.00000144. The van der Waals surface area contributed by atoms with Crippen LogP contribution >= 0.6 is 24.0 Å². The minimum absolute atomic E-state index is 0. The van der Waals surface area contributed by atoms with E-state index in [4.69, 9.17) is 23.1 Å². The lowest BCUT2D eigenvalue weighted by Crippen LogP contribution is -2.28. The largest absolute Gasteiger partial charge is 0.368 e. The maximum absolute atomic E-state index is 10.6. The summed E-state index contributed by atoms with van der Waals surface area (Å²) in [6.07, 6.45) is 0. The molecule has 0 radical (unpaired) electrons. The first-order valence-corrected chi connectivity index (χ1v) is 3.79. The molecule has 72 valence electrons. The average Bonchev–Trinajstić information content (AvgIpc) is 2.04. The SMILES string of the molecule is Cl.NC(=O)C(N)c1ccc(Cl)cc1. The van der Waals surface area contributed by atoms with E-state index in [0.29, 0.717) is 10.6 Å². The Bertz CT molecular complexity index is 287. The number of amides is 1. The molecule has 0 saturated heterocycles. The Labute approximate surface area is 87.5 Å². The van der Waals surface area contributed by atoms with Crippen molar-refractivity contribution in [1.82, 2.24) is 0 Å². The smallest absolute Gasteiger partial charge is 0.238 e. The Morgan fingerprint density at radius 3 is 2.15 bits per heavy atom. The second-order valence-electron chi connectivity index (χ2n) is 2.43. The number of carbonyl (C=O) groups excluding carboxylic acids is 1. The van der Waals surface area contributed by atoms with E-state index in [9.17, 15) is 4.79 Å². The van der Waals surface area contributed by atoms with Crippen LogP contribution in [0.2, 0.25) is 5.02 Å². The molecule has 4 N–H and O–H groups in total. The van der Waals surface area contributed by atoms with Crippen LogP contribution in [0.15, 0.2) is 24.3 Å². The minimum atomic E-state index is -0.748. The van der Waals surface area contributed by atoms with Crippen molar-refractivity contribution in [3.8, 4) is 0 Å². The van der Waals surface area contributed by atoms with Gasteiger partial charge < -0.3 is 11.5 Å². The summed E-state index contributed by atoms with van der Waals surface area (Å²) in [6.45, 7) is 0. The zero-order valence-electron chi connectivity index (χ0n) is 6.74. The van der Waals surface area contributed by atoms with Gasteiger partial charge in [-0.25, -0.2) is 0 Å². The van der Waals surface area contributed by atoms with E-state index in [0.717, 1.165) is 0 Å². The van der Waals surface area contributed by atoms with E-state index in [1.54, 1.807) is 24.3 Å². The van der Waals surface area contributed by atoms with E-state index >= 15 is 0 Å². The molecule has 1 atom stereocenters. The van der Waals surface area contributed by atoms with Gasteiger partial charge in [-0.3, -0.25) is 4.79 Å². The van der Waals surface area contributed by atoms with Crippen LogP contribution in [0.4, 0.5) is 0 Å². The van der Waals surface area contributed by atoms with Gasteiger partial charge in [0.15, 0.2) is 0 Å². The zero-order chi connectivity index (χ0) is 9.14. The molecule has 0 aliphatic rings. The van der Waals surface area contributed by atoms with E-state index in [-0.39, 0.29) is 12.4 Å². The summed E-state index contributed by atoms with van der Waals surface area (Å²) in [5, 5.41) is 0.607. The molecule has 0 spiro atoms. The lowest BCUT2D eigenvalue weighted by Gasteiger charge is -2.06. The minimum Gasteiger partial charge on any atom is -0.368 e. The van der Waals surface area contributed by atoms with Gasteiger partial charge in [0.25, 0.3) is 0 Å². The number of carbonyl (C=O) groups is 1. The number of rotatable bonds is 2. The second kappa shape index (κ2) is 5.07. The lowest BCUT2D eigenvalue weighted by molar-refractivity contribution is -0.119. The summed E-state index contributed by atoms with van der Waals surface area (Å²) in [5.41, 5.74) is 11.2. The zero-order valence-corrected chi connectivity index (χ0v) is 8.31. The summed E-state index contributed by atoms with van der Waals surface area (Å²) >= 11 is 5.64. The lowest BCUT2D eigenvalue weighted by atomic mass is 10.1. The molecule has 13 heavy (non-hydrogen) atoms. The normalized spacial score (nSPS) is 11.5. The van der Waals surface area contributed by atoms with Crippen LogP contribution in [0.5, 0.6) is 0 Å². The number of halogens is 2. The molecule has 1 rings (SSSR count). The Kier molecular flexibility index (Phi) is 4.77. The van der Waals surface area contributed by atoms with Gasteiger partial charge in [-0.1, -0.05) is 23.7 Å². The van der Waals surface area contributed by atoms with E-state index in [1.165, 1.54) is 0 Å². The molecule has 1 amide bonds. The summed E-state index contributed by atoms with van der Waals surface area (Å²) < 4.78 is 0. The van der Waals surface area contributed by atoms with Crippen LogP contribution in [-0.2, 0) is 4.79 Å². The standard InChI is InChI=1S/C8H9ClN2O.ClH/c9-6-3-1-5(2-4-6)7(10)8(11)12;/h1-4,7H,10H2,(H2,11,12);1H. The number of hydrogen-bond donors (Lipinski definition) is 2. The molecular formula is C8H10Cl2N2O. The van der Waals surface area contributed by atoms with Crippen LogP contribution in [-0.4, -0.2) is 5.91 Å². The fourth-order valence-electron chi connectivity index (χ4n) is 0.834. The highest BCUT2D eigenvalue weighted by molar-refractivity contribution is 6.30. The van der Waals surface area contributed by atoms with Crippen molar-refractivity contribution in [2.75, 3.05) is 0 Å². The monoisotopic (exact) mass is 220 g/mol. The van der Waals surface area contributed by atoms with Gasteiger partial charge >= 0.3 is 0 Å². The van der Waals surface area contributed by atoms with E-state index in [2.05, 4.69) is 0 Å². The van der Waals surface area contributed by atoms with Crippen molar-refractivity contribution in [2.45, 2.75) is 6.04 Å². The summed E-state index contributed by atoms with van der Waals surface area (Å²) in [4.78, 5) is 10.6. The predicted molar refractivity (Wildman–Crippen MR) is 54.8 cm³/mol. The van der Waals surface area contributed by atoms with Crippen LogP contribution < -0.4 is 11.5 Å². The molecule has 0 aromatic heterocycles. The van der Waals surface area contributed by atoms with Crippen molar-refractivity contribution in [1.29, 1.82) is 0 Å². The van der Waals surface area contributed by atoms with Gasteiger partial charge in [0.1, 0.15) is 6.04 Å². The average molecular weight is 221 g/mol. The maximum atomic E-state index is 10.6. The van der Waals surface area contributed by atoms with Crippen molar-refractivity contribution in [2.24, 2.45) is 11.5 Å². The Morgan fingerprint density at radius 2 is 1.77 bits per heavy atom. The van der Waals surface area contributed by atoms with Crippen molar-refractivity contribution >= 4 is 29.9 Å². The Morgan fingerprint density at radius 1 is 1.31 bits per heavy atom. The molecule has 1 aromatic rings. The van der Waals surface area contributed by atoms with Crippen LogP contribution in [0.1, 0.15) is 11.6 Å². The van der Waals surface area contributed by atoms with Crippen molar-refractivity contribution in [3.05, 3.63) is 34.9 Å². The van der Waals surface area contributed by atoms with Crippen LogP contribution in [0, 0.1) is 0 Å². The first kappa shape index (κ1) is 12.2. The maximum Gasteiger partial charge on any atom is 0.238 e. The number of benzene rings is 1. The molecular weight excluding hydrogens is 211 g/mol. The van der Waals surface area contributed by atoms with Gasteiger partial charge in [-0.2, -0.15) is 0 Å². The Hall–Kier alpha value is -0.770. The van der Waals surface area contributed by atoms with Gasteiger partial charge in [0.05, 0.1) is 0 Å². The second-order valence-corrected chi connectivity index (χ2v) is 2.87. The third kappa shape index (κ3) is 3.22. The molecule has 0 aliphatic carbocycles.